The minimum Gasteiger partial charge on any atom is -0.322 e. The molecule has 5 heteroatoms. The number of rotatable bonds is 4. The fourth-order valence-electron chi connectivity index (χ4n) is 3.34. The van der Waals surface area contributed by atoms with Crippen LogP contribution in [0.4, 0.5) is 10.1 Å². The Kier molecular flexibility index (Phi) is 5.38. The summed E-state index contributed by atoms with van der Waals surface area (Å²) in [5, 5.41) is 3.26. The number of hydrogen-bond donors (Lipinski definition) is 1. The van der Waals surface area contributed by atoms with E-state index in [1.54, 1.807) is 0 Å². The smallest absolute Gasteiger partial charge is 0.269 e. The number of halogens is 1. The van der Waals surface area contributed by atoms with Gasteiger partial charge in [0.2, 0.25) is 0 Å². The highest BCUT2D eigenvalue weighted by Crippen LogP contribution is 2.68. The van der Waals surface area contributed by atoms with Crippen LogP contribution in [-0.2, 0) is 4.79 Å². The molecule has 1 N–H and O–H groups in total. The summed E-state index contributed by atoms with van der Waals surface area (Å²) in [7, 11) is -0.496. The number of nitrogens with one attached hydrogen (secondary N) is 1. The van der Waals surface area contributed by atoms with Gasteiger partial charge >= 0.3 is 0 Å². The average Bonchev–Trinajstić information content (AvgIpc) is 2.82. The van der Waals surface area contributed by atoms with Gasteiger partial charge in [0.25, 0.3) is 5.91 Å². The van der Waals surface area contributed by atoms with Crippen molar-refractivity contribution in [1.29, 1.82) is 0 Å². The first-order valence-corrected chi connectivity index (χ1v) is 11.7. The molecule has 2 unspecified atom stereocenters. The Bertz CT molecular complexity index is 518. The lowest BCUT2D eigenvalue weighted by Crippen LogP contribution is -2.28. The van der Waals surface area contributed by atoms with Crippen LogP contribution in [0.3, 0.4) is 0 Å². The fourth-order valence-corrected chi connectivity index (χ4v) is 10.2. The molecule has 0 aliphatic carbocycles. The molecule has 116 valence electrons. The first kappa shape index (κ1) is 16.8. The summed E-state index contributed by atoms with van der Waals surface area (Å²) in [6, 6.07) is 2.97. The molecule has 1 aliphatic rings. The van der Waals surface area contributed by atoms with Crippen molar-refractivity contribution in [3.8, 4) is 0 Å². The zero-order chi connectivity index (χ0) is 15.6. The Morgan fingerprint density at radius 2 is 1.81 bits per heavy atom. The van der Waals surface area contributed by atoms with Gasteiger partial charge in [-0.1, -0.05) is 8.58 Å². The first-order chi connectivity index (χ1) is 9.87. The molecular weight excluding hydrogens is 303 g/mol. The summed E-state index contributed by atoms with van der Waals surface area (Å²) in [4.78, 5) is 12.8. The third-order valence-electron chi connectivity index (χ3n) is 4.48. The van der Waals surface area contributed by atoms with Crippen molar-refractivity contribution in [2.45, 2.75) is 32.1 Å². The van der Waals surface area contributed by atoms with E-state index >= 15 is 0 Å². The highest BCUT2D eigenvalue weighted by Gasteiger charge is 2.46. The molecule has 1 heterocycles. The quantitative estimate of drug-likeness (QED) is 0.813. The molecule has 1 fully saturated rings. The standard InChI is InChI=1S/C16H24FNOP2/c1-11-9-13(17)10-12(2)14(11)18-15(19)16(20-3)21(4)7-5-6-8-21/h9-10,16,20H,5-8H2,1-4H3/p+1. The van der Waals surface area contributed by atoms with Crippen molar-refractivity contribution in [3.63, 3.8) is 0 Å². The Morgan fingerprint density at radius 1 is 1.29 bits per heavy atom. The second kappa shape index (κ2) is 6.71. The van der Waals surface area contributed by atoms with Crippen molar-refractivity contribution in [2.24, 2.45) is 0 Å². The first-order valence-electron chi connectivity index (χ1n) is 7.46. The molecule has 1 amide bonds. The van der Waals surface area contributed by atoms with E-state index in [-0.39, 0.29) is 17.1 Å². The van der Waals surface area contributed by atoms with Crippen molar-refractivity contribution in [1.82, 2.24) is 0 Å². The van der Waals surface area contributed by atoms with Gasteiger partial charge in [-0.05, 0) is 56.6 Å². The number of hydrogen-bond acceptors (Lipinski definition) is 1. The molecule has 0 saturated carbocycles. The number of carbonyl (C=O) groups is 1. The largest absolute Gasteiger partial charge is 0.322 e. The zero-order valence-electron chi connectivity index (χ0n) is 13.3. The summed E-state index contributed by atoms with van der Waals surface area (Å²) in [5.74, 6) is -0.0986. The monoisotopic (exact) mass is 328 g/mol. The van der Waals surface area contributed by atoms with E-state index in [1.165, 1.54) is 37.3 Å². The van der Waals surface area contributed by atoms with E-state index in [4.69, 9.17) is 0 Å². The van der Waals surface area contributed by atoms with Crippen LogP contribution in [0.1, 0.15) is 24.0 Å². The lowest BCUT2D eigenvalue weighted by atomic mass is 10.1. The highest BCUT2D eigenvalue weighted by molar-refractivity contribution is 7.83. The van der Waals surface area contributed by atoms with E-state index < -0.39 is 7.26 Å². The number of carbonyl (C=O) groups excluding carboxylic acids is 1. The summed E-state index contributed by atoms with van der Waals surface area (Å²) < 4.78 is 13.4. The second-order valence-corrected chi connectivity index (χ2v) is 12.2. The van der Waals surface area contributed by atoms with E-state index in [1.807, 2.05) is 13.8 Å². The maximum atomic E-state index is 13.4. The number of aryl methyl sites for hydroxylation is 2. The molecule has 0 spiro atoms. The van der Waals surface area contributed by atoms with Crippen LogP contribution in [0.5, 0.6) is 0 Å². The maximum Gasteiger partial charge on any atom is 0.269 e. The predicted molar refractivity (Wildman–Crippen MR) is 94.3 cm³/mol. The molecule has 2 nitrogen and oxygen atoms in total. The van der Waals surface area contributed by atoms with Gasteiger partial charge in [-0.2, -0.15) is 0 Å². The van der Waals surface area contributed by atoms with Crippen LogP contribution in [0.25, 0.3) is 0 Å². The van der Waals surface area contributed by atoms with Gasteiger partial charge in [0.15, 0.2) is 5.40 Å². The molecule has 0 bridgehead atoms. The average molecular weight is 328 g/mol. The van der Waals surface area contributed by atoms with Gasteiger partial charge in [0.1, 0.15) is 5.82 Å². The molecule has 21 heavy (non-hydrogen) atoms. The molecule has 2 atom stereocenters. The summed E-state index contributed by atoms with van der Waals surface area (Å²) in [6.45, 7) is 8.19. The van der Waals surface area contributed by atoms with Crippen molar-refractivity contribution < 1.29 is 9.18 Å². The van der Waals surface area contributed by atoms with Crippen LogP contribution in [-0.4, -0.2) is 37.0 Å². The van der Waals surface area contributed by atoms with E-state index in [0.717, 1.165) is 16.8 Å². The van der Waals surface area contributed by atoms with Gasteiger partial charge in [0, 0.05) is 19.6 Å². The number of benzene rings is 1. The molecule has 0 radical (unpaired) electrons. The van der Waals surface area contributed by atoms with E-state index in [9.17, 15) is 9.18 Å². The van der Waals surface area contributed by atoms with Gasteiger partial charge in [0.05, 0.1) is 12.3 Å². The highest BCUT2D eigenvalue weighted by atomic mass is 31.2. The van der Waals surface area contributed by atoms with E-state index in [0.29, 0.717) is 8.58 Å². The fraction of sp³-hybridized carbons (Fsp3) is 0.562. The molecule has 0 aromatic heterocycles. The van der Waals surface area contributed by atoms with Crippen molar-refractivity contribution in [3.05, 3.63) is 29.1 Å². The van der Waals surface area contributed by atoms with Crippen LogP contribution >= 0.6 is 15.8 Å². The third-order valence-corrected chi connectivity index (χ3v) is 12.1. The van der Waals surface area contributed by atoms with Crippen LogP contribution in [0.15, 0.2) is 12.1 Å². The number of anilines is 1. The molecule has 2 rings (SSSR count). The minimum atomic E-state index is -1.14. The molecule has 1 aromatic rings. The SMILES string of the molecule is CPC(C(=O)Nc1c(C)cc(F)cc1C)[P+]1(C)CCCC1. The third kappa shape index (κ3) is 3.63. The predicted octanol–water partition coefficient (Wildman–Crippen LogP) is 4.46. The Hall–Kier alpha value is -0.520. The summed E-state index contributed by atoms with van der Waals surface area (Å²) in [6.07, 6.45) is 5.03. The molecule has 1 aromatic carbocycles. The molecule has 1 aliphatic heterocycles. The zero-order valence-corrected chi connectivity index (χ0v) is 15.2. The van der Waals surface area contributed by atoms with Crippen LogP contribution < -0.4 is 5.32 Å². The maximum absolute atomic E-state index is 13.4. The molecular formula is C16H25FNOP2+. The van der Waals surface area contributed by atoms with E-state index in [2.05, 4.69) is 18.6 Å². The molecule has 1 saturated heterocycles. The van der Waals surface area contributed by atoms with Crippen LogP contribution in [0.2, 0.25) is 0 Å². The Labute approximate surface area is 129 Å². The van der Waals surface area contributed by atoms with Gasteiger partial charge in [-0.15, -0.1) is 0 Å². The topological polar surface area (TPSA) is 29.1 Å². The van der Waals surface area contributed by atoms with Crippen molar-refractivity contribution >= 4 is 27.4 Å². The van der Waals surface area contributed by atoms with Gasteiger partial charge < -0.3 is 5.32 Å². The van der Waals surface area contributed by atoms with Crippen molar-refractivity contribution in [2.75, 3.05) is 31.0 Å². The number of amides is 1. The lowest BCUT2D eigenvalue weighted by molar-refractivity contribution is -0.114. The lowest BCUT2D eigenvalue weighted by Gasteiger charge is -2.26. The van der Waals surface area contributed by atoms with Crippen LogP contribution in [0, 0.1) is 19.7 Å². The summed E-state index contributed by atoms with van der Waals surface area (Å²) >= 11 is 0. The normalized spacial score (nSPS) is 19.1. The summed E-state index contributed by atoms with van der Waals surface area (Å²) in [5.41, 5.74) is 2.39. The Balaban J connectivity index is 2.20. The second-order valence-electron chi connectivity index (χ2n) is 6.23. The van der Waals surface area contributed by atoms with Gasteiger partial charge in [-0.3, -0.25) is 4.79 Å². The minimum absolute atomic E-state index is 0.145. The van der Waals surface area contributed by atoms with Gasteiger partial charge in [-0.25, -0.2) is 4.39 Å². The Morgan fingerprint density at radius 3 is 2.29 bits per heavy atom.